The average Bonchev–Trinajstić information content (AvgIpc) is 3.18. The first kappa shape index (κ1) is 17.4. The lowest BCUT2D eigenvalue weighted by Crippen LogP contribution is -2.44. The normalized spacial score (nSPS) is 17.1. The molecule has 27 heavy (non-hydrogen) atoms. The largest absolute Gasteiger partial charge is 0.416 e. The van der Waals surface area contributed by atoms with Crippen LogP contribution in [0.3, 0.4) is 0 Å². The van der Waals surface area contributed by atoms with Crippen molar-refractivity contribution in [1.29, 1.82) is 0 Å². The van der Waals surface area contributed by atoms with Crippen LogP contribution in [0, 0.1) is 6.92 Å². The second kappa shape index (κ2) is 7.32. The first-order valence-corrected chi connectivity index (χ1v) is 9.02. The quantitative estimate of drug-likeness (QED) is 0.711. The number of ether oxygens (including phenoxy) is 1. The van der Waals surface area contributed by atoms with Crippen LogP contribution in [0.1, 0.15) is 22.8 Å². The lowest BCUT2D eigenvalue weighted by Gasteiger charge is -2.31. The number of rotatable bonds is 3. The van der Waals surface area contributed by atoms with E-state index in [2.05, 4.69) is 10.2 Å². The summed E-state index contributed by atoms with van der Waals surface area (Å²) in [7, 11) is 0. The molecule has 0 saturated carbocycles. The number of aromatic nitrogens is 2. The van der Waals surface area contributed by atoms with Crippen molar-refractivity contribution < 1.29 is 13.9 Å². The third-order valence-electron chi connectivity index (χ3n) is 4.63. The third-order valence-corrected chi connectivity index (χ3v) is 4.63. The van der Waals surface area contributed by atoms with Gasteiger partial charge in [0, 0.05) is 29.8 Å². The number of nitrogens with zero attached hydrogens (tertiary/aromatic N) is 3. The summed E-state index contributed by atoms with van der Waals surface area (Å²) in [6.45, 7) is 5.82. The number of amides is 1. The van der Waals surface area contributed by atoms with Crippen LogP contribution in [-0.4, -0.2) is 46.8 Å². The Hall–Kier alpha value is -2.99. The van der Waals surface area contributed by atoms with Crippen LogP contribution in [0.15, 0.2) is 52.9 Å². The summed E-state index contributed by atoms with van der Waals surface area (Å²) >= 11 is 0. The third kappa shape index (κ3) is 3.75. The molecule has 0 aliphatic carbocycles. The van der Waals surface area contributed by atoms with Crippen molar-refractivity contribution in [3.05, 3.63) is 59.7 Å². The van der Waals surface area contributed by atoms with Crippen molar-refractivity contribution in [1.82, 2.24) is 15.1 Å². The van der Waals surface area contributed by atoms with Gasteiger partial charge in [-0.2, -0.15) is 0 Å². The zero-order valence-electron chi connectivity index (χ0n) is 15.4. The molecule has 1 aromatic heterocycles. The lowest BCUT2D eigenvalue weighted by molar-refractivity contribution is -0.0124. The summed E-state index contributed by atoms with van der Waals surface area (Å²) in [5.41, 5.74) is 3.49. The van der Waals surface area contributed by atoms with Crippen molar-refractivity contribution in [2.45, 2.75) is 20.0 Å². The number of hydrogen-bond acceptors (Lipinski definition) is 5. The molecule has 0 spiro atoms. The second-order valence-corrected chi connectivity index (χ2v) is 6.79. The Kier molecular flexibility index (Phi) is 4.73. The predicted molar refractivity (Wildman–Crippen MR) is 101 cm³/mol. The molecule has 2 aromatic carbocycles. The van der Waals surface area contributed by atoms with Crippen LogP contribution in [0.2, 0.25) is 0 Å². The molecule has 1 fully saturated rings. The van der Waals surface area contributed by atoms with Crippen LogP contribution in [0.4, 0.5) is 0 Å². The summed E-state index contributed by atoms with van der Waals surface area (Å²) in [6.07, 6.45) is 0.0700. The highest BCUT2D eigenvalue weighted by atomic mass is 16.5. The van der Waals surface area contributed by atoms with E-state index in [9.17, 15) is 4.79 Å². The predicted octanol–water partition coefficient (Wildman–Crippen LogP) is 3.57. The molecule has 0 N–H and O–H groups in total. The summed E-state index contributed by atoms with van der Waals surface area (Å²) in [5.74, 6) is 0.930. The molecule has 0 bridgehead atoms. The molecule has 6 heteroatoms. The zero-order chi connectivity index (χ0) is 18.8. The van der Waals surface area contributed by atoms with E-state index in [4.69, 9.17) is 9.15 Å². The molecule has 1 saturated heterocycles. The highest BCUT2D eigenvalue weighted by molar-refractivity contribution is 5.94. The van der Waals surface area contributed by atoms with Gasteiger partial charge in [0.2, 0.25) is 11.8 Å². The number of aryl methyl sites for hydroxylation is 1. The Morgan fingerprint density at radius 2 is 1.59 bits per heavy atom. The Labute approximate surface area is 157 Å². The summed E-state index contributed by atoms with van der Waals surface area (Å²) in [4.78, 5) is 14.5. The first-order valence-electron chi connectivity index (χ1n) is 9.02. The molecular formula is C21H21N3O3. The fourth-order valence-corrected chi connectivity index (χ4v) is 3.09. The van der Waals surface area contributed by atoms with Gasteiger partial charge in [0.25, 0.3) is 5.91 Å². The standard InChI is InChI=1S/C21H21N3O3/c1-14-3-5-16(6-4-14)19-22-23-20(27-19)17-7-9-18(10-8-17)21(25)24-11-12-26-15(2)13-24/h3-10,15H,11-13H2,1-2H3. The van der Waals surface area contributed by atoms with Gasteiger partial charge in [-0.3, -0.25) is 4.79 Å². The number of morpholine rings is 1. The highest BCUT2D eigenvalue weighted by Gasteiger charge is 2.22. The van der Waals surface area contributed by atoms with Crippen LogP contribution < -0.4 is 0 Å². The highest BCUT2D eigenvalue weighted by Crippen LogP contribution is 2.24. The number of benzene rings is 2. The molecule has 2 heterocycles. The lowest BCUT2D eigenvalue weighted by atomic mass is 10.1. The van der Waals surface area contributed by atoms with Gasteiger partial charge in [0.1, 0.15) is 0 Å². The average molecular weight is 363 g/mol. The van der Waals surface area contributed by atoms with E-state index in [1.165, 1.54) is 5.56 Å². The Balaban J connectivity index is 1.51. The van der Waals surface area contributed by atoms with Gasteiger partial charge in [-0.25, -0.2) is 0 Å². The maximum absolute atomic E-state index is 12.6. The van der Waals surface area contributed by atoms with Crippen LogP contribution in [0.5, 0.6) is 0 Å². The molecule has 1 amide bonds. The van der Waals surface area contributed by atoms with E-state index in [0.717, 1.165) is 11.1 Å². The summed E-state index contributed by atoms with van der Waals surface area (Å²) < 4.78 is 11.3. The minimum atomic E-state index is 0.0163. The number of hydrogen-bond donors (Lipinski definition) is 0. The van der Waals surface area contributed by atoms with Crippen molar-refractivity contribution in [3.63, 3.8) is 0 Å². The maximum atomic E-state index is 12.6. The van der Waals surface area contributed by atoms with Crippen LogP contribution in [-0.2, 0) is 4.74 Å². The Morgan fingerprint density at radius 3 is 2.19 bits per heavy atom. The smallest absolute Gasteiger partial charge is 0.254 e. The van der Waals surface area contributed by atoms with E-state index in [-0.39, 0.29) is 12.0 Å². The van der Waals surface area contributed by atoms with E-state index < -0.39 is 0 Å². The summed E-state index contributed by atoms with van der Waals surface area (Å²) in [6, 6.07) is 15.2. The van der Waals surface area contributed by atoms with Gasteiger partial charge in [-0.05, 0) is 50.2 Å². The molecule has 4 rings (SSSR count). The molecule has 1 unspecified atom stereocenters. The van der Waals surface area contributed by atoms with Gasteiger partial charge < -0.3 is 14.1 Å². The van der Waals surface area contributed by atoms with Crippen molar-refractivity contribution in [2.75, 3.05) is 19.7 Å². The number of carbonyl (C=O) groups is 1. The van der Waals surface area contributed by atoms with Crippen molar-refractivity contribution in [2.24, 2.45) is 0 Å². The first-order chi connectivity index (χ1) is 13.1. The number of carbonyl (C=O) groups excluding carboxylic acids is 1. The van der Waals surface area contributed by atoms with E-state index in [1.807, 2.05) is 55.1 Å². The summed E-state index contributed by atoms with van der Waals surface area (Å²) in [5, 5.41) is 8.26. The molecule has 1 atom stereocenters. The fourth-order valence-electron chi connectivity index (χ4n) is 3.09. The fraction of sp³-hybridized carbons (Fsp3) is 0.286. The molecule has 138 valence electrons. The van der Waals surface area contributed by atoms with Gasteiger partial charge in [-0.1, -0.05) is 17.7 Å². The van der Waals surface area contributed by atoms with Gasteiger partial charge >= 0.3 is 0 Å². The Morgan fingerprint density at radius 1 is 1.00 bits per heavy atom. The van der Waals surface area contributed by atoms with Crippen LogP contribution >= 0.6 is 0 Å². The van der Waals surface area contributed by atoms with Crippen molar-refractivity contribution >= 4 is 5.91 Å². The van der Waals surface area contributed by atoms with Crippen LogP contribution in [0.25, 0.3) is 22.9 Å². The monoisotopic (exact) mass is 363 g/mol. The Bertz CT molecular complexity index is 932. The maximum Gasteiger partial charge on any atom is 0.254 e. The topological polar surface area (TPSA) is 68.5 Å². The van der Waals surface area contributed by atoms with E-state index in [1.54, 1.807) is 12.1 Å². The molecular weight excluding hydrogens is 342 g/mol. The zero-order valence-corrected chi connectivity index (χ0v) is 15.4. The molecule has 1 aliphatic rings. The van der Waals surface area contributed by atoms with Gasteiger partial charge in [0.15, 0.2) is 0 Å². The molecule has 1 aliphatic heterocycles. The van der Waals surface area contributed by atoms with E-state index in [0.29, 0.717) is 37.0 Å². The molecule has 3 aromatic rings. The SMILES string of the molecule is Cc1ccc(-c2nnc(-c3ccc(C(=O)N4CCOC(C)C4)cc3)o2)cc1. The van der Waals surface area contributed by atoms with E-state index >= 15 is 0 Å². The minimum absolute atomic E-state index is 0.0163. The van der Waals surface area contributed by atoms with Crippen molar-refractivity contribution in [3.8, 4) is 22.9 Å². The minimum Gasteiger partial charge on any atom is -0.416 e. The van der Waals surface area contributed by atoms with Gasteiger partial charge in [0.05, 0.1) is 12.7 Å². The van der Waals surface area contributed by atoms with Gasteiger partial charge in [-0.15, -0.1) is 10.2 Å². The second-order valence-electron chi connectivity index (χ2n) is 6.79. The molecule has 0 radical (unpaired) electrons. The molecule has 6 nitrogen and oxygen atoms in total.